The molecular weight excluding hydrogens is 309 g/mol. The minimum Gasteiger partial charge on any atom is -0.457 e. The molecule has 0 aliphatic rings. The van der Waals surface area contributed by atoms with E-state index >= 15 is 0 Å². The lowest BCUT2D eigenvalue weighted by molar-refractivity contribution is -0.137. The summed E-state index contributed by atoms with van der Waals surface area (Å²) in [6, 6.07) is 11.7. The van der Waals surface area contributed by atoms with E-state index in [0.29, 0.717) is 5.75 Å². The zero-order valence-electron chi connectivity index (χ0n) is 9.04. The topological polar surface area (TPSA) is 9.23 Å². The van der Waals surface area contributed by atoms with Gasteiger partial charge in [-0.05, 0) is 36.4 Å². The Kier molecular flexibility index (Phi) is 3.61. The third kappa shape index (κ3) is 3.26. The smallest absolute Gasteiger partial charge is 0.416 e. The van der Waals surface area contributed by atoms with E-state index in [0.717, 1.165) is 16.6 Å². The fraction of sp³-hybridized carbons (Fsp3) is 0.0769. The van der Waals surface area contributed by atoms with Crippen molar-refractivity contribution in [3.8, 4) is 11.5 Å². The maximum absolute atomic E-state index is 12.5. The van der Waals surface area contributed by atoms with Crippen molar-refractivity contribution in [3.05, 3.63) is 58.6 Å². The van der Waals surface area contributed by atoms with E-state index in [-0.39, 0.29) is 5.75 Å². The molecule has 0 spiro atoms. The first-order chi connectivity index (χ1) is 8.45. The van der Waals surface area contributed by atoms with Crippen molar-refractivity contribution in [2.24, 2.45) is 0 Å². The molecule has 0 aliphatic carbocycles. The number of rotatable bonds is 2. The summed E-state index contributed by atoms with van der Waals surface area (Å²) in [5.41, 5.74) is -0.727. The lowest BCUT2D eigenvalue weighted by atomic mass is 10.2. The van der Waals surface area contributed by atoms with Gasteiger partial charge in [-0.1, -0.05) is 28.1 Å². The Bertz CT molecular complexity index is 552. The molecule has 0 aliphatic heterocycles. The van der Waals surface area contributed by atoms with Gasteiger partial charge in [-0.2, -0.15) is 13.2 Å². The predicted molar refractivity (Wildman–Crippen MR) is 65.7 cm³/mol. The summed E-state index contributed by atoms with van der Waals surface area (Å²) in [5, 5.41) is 0. The molecule has 0 heterocycles. The predicted octanol–water partition coefficient (Wildman–Crippen LogP) is 5.26. The van der Waals surface area contributed by atoms with Crippen molar-refractivity contribution in [1.29, 1.82) is 0 Å². The Hall–Kier alpha value is -1.49. The molecule has 0 aromatic heterocycles. The number of benzene rings is 2. The van der Waals surface area contributed by atoms with Crippen LogP contribution < -0.4 is 4.74 Å². The van der Waals surface area contributed by atoms with Crippen LogP contribution >= 0.6 is 15.9 Å². The van der Waals surface area contributed by atoms with Crippen LogP contribution in [-0.2, 0) is 6.18 Å². The third-order valence-corrected chi connectivity index (χ3v) is 2.69. The van der Waals surface area contributed by atoms with Gasteiger partial charge in [0.1, 0.15) is 11.5 Å². The maximum Gasteiger partial charge on any atom is 0.416 e. The summed E-state index contributed by atoms with van der Waals surface area (Å²) in [7, 11) is 0. The van der Waals surface area contributed by atoms with E-state index < -0.39 is 11.7 Å². The van der Waals surface area contributed by atoms with Crippen molar-refractivity contribution in [2.75, 3.05) is 0 Å². The molecule has 0 saturated heterocycles. The summed E-state index contributed by atoms with van der Waals surface area (Å²) in [6.45, 7) is 0. The normalized spacial score (nSPS) is 11.3. The molecule has 0 atom stereocenters. The van der Waals surface area contributed by atoms with Crippen molar-refractivity contribution in [1.82, 2.24) is 0 Å². The first-order valence-corrected chi connectivity index (χ1v) is 5.85. The number of halogens is 4. The van der Waals surface area contributed by atoms with Crippen molar-refractivity contribution in [3.63, 3.8) is 0 Å². The van der Waals surface area contributed by atoms with Crippen molar-refractivity contribution in [2.45, 2.75) is 6.18 Å². The standard InChI is InChI=1S/C13H8BrF3O/c14-10-4-2-6-12(8-10)18-11-5-1-3-9(7-11)13(15,16)17/h1-8H. The highest BCUT2D eigenvalue weighted by atomic mass is 79.9. The van der Waals surface area contributed by atoms with E-state index in [2.05, 4.69) is 15.9 Å². The fourth-order valence-electron chi connectivity index (χ4n) is 1.40. The van der Waals surface area contributed by atoms with Gasteiger partial charge < -0.3 is 4.74 Å². The van der Waals surface area contributed by atoms with E-state index in [9.17, 15) is 13.2 Å². The van der Waals surface area contributed by atoms with Crippen LogP contribution in [0.2, 0.25) is 0 Å². The summed E-state index contributed by atoms with van der Waals surface area (Å²) < 4.78 is 43.7. The van der Waals surface area contributed by atoms with Gasteiger partial charge in [-0.15, -0.1) is 0 Å². The molecule has 0 amide bonds. The van der Waals surface area contributed by atoms with Gasteiger partial charge >= 0.3 is 6.18 Å². The third-order valence-electron chi connectivity index (χ3n) is 2.19. The van der Waals surface area contributed by atoms with Gasteiger partial charge in [0.05, 0.1) is 5.56 Å². The monoisotopic (exact) mass is 316 g/mol. The summed E-state index contributed by atoms with van der Waals surface area (Å²) in [6.07, 6.45) is -4.36. The Morgan fingerprint density at radius 2 is 1.50 bits per heavy atom. The average Bonchev–Trinajstić information content (AvgIpc) is 2.28. The quantitative estimate of drug-likeness (QED) is 0.734. The zero-order chi connectivity index (χ0) is 13.2. The molecule has 0 fully saturated rings. The van der Waals surface area contributed by atoms with E-state index in [1.165, 1.54) is 12.1 Å². The van der Waals surface area contributed by atoms with Crippen LogP contribution in [-0.4, -0.2) is 0 Å². The average molecular weight is 317 g/mol. The molecule has 0 bridgehead atoms. The Labute approximate surface area is 110 Å². The summed E-state index contributed by atoms with van der Waals surface area (Å²) in [4.78, 5) is 0. The number of hydrogen-bond acceptors (Lipinski definition) is 1. The minimum absolute atomic E-state index is 0.155. The molecule has 94 valence electrons. The van der Waals surface area contributed by atoms with Gasteiger partial charge in [0.25, 0.3) is 0 Å². The van der Waals surface area contributed by atoms with Crippen LogP contribution in [0.15, 0.2) is 53.0 Å². The van der Waals surface area contributed by atoms with Crippen LogP contribution in [0.1, 0.15) is 5.56 Å². The number of ether oxygens (including phenoxy) is 1. The number of hydrogen-bond donors (Lipinski definition) is 0. The first-order valence-electron chi connectivity index (χ1n) is 5.06. The Morgan fingerprint density at radius 1 is 0.889 bits per heavy atom. The first kappa shape index (κ1) is 13.0. The molecule has 0 unspecified atom stereocenters. The van der Waals surface area contributed by atoms with Gasteiger partial charge in [-0.3, -0.25) is 0 Å². The Morgan fingerprint density at radius 3 is 2.11 bits per heavy atom. The second-order valence-electron chi connectivity index (χ2n) is 3.59. The molecule has 2 rings (SSSR count). The van der Waals surface area contributed by atoms with Crippen molar-refractivity contribution >= 4 is 15.9 Å². The van der Waals surface area contributed by atoms with Crippen LogP contribution in [0.3, 0.4) is 0 Å². The SMILES string of the molecule is FC(F)(F)c1cccc(Oc2cccc(Br)c2)c1. The summed E-state index contributed by atoms with van der Waals surface area (Å²) >= 11 is 3.26. The van der Waals surface area contributed by atoms with E-state index in [4.69, 9.17) is 4.74 Å². The summed E-state index contributed by atoms with van der Waals surface area (Å²) in [5.74, 6) is 0.631. The molecule has 0 radical (unpaired) electrons. The highest BCUT2D eigenvalue weighted by molar-refractivity contribution is 9.10. The molecule has 1 nitrogen and oxygen atoms in total. The van der Waals surface area contributed by atoms with Crippen LogP contribution in [0, 0.1) is 0 Å². The lowest BCUT2D eigenvalue weighted by Gasteiger charge is -2.10. The Balaban J connectivity index is 2.25. The number of alkyl halides is 3. The molecule has 2 aromatic carbocycles. The minimum atomic E-state index is -4.36. The highest BCUT2D eigenvalue weighted by Crippen LogP contribution is 2.33. The fourth-order valence-corrected chi connectivity index (χ4v) is 1.78. The molecule has 2 aromatic rings. The zero-order valence-corrected chi connectivity index (χ0v) is 10.6. The van der Waals surface area contributed by atoms with Crippen LogP contribution in [0.4, 0.5) is 13.2 Å². The van der Waals surface area contributed by atoms with E-state index in [1.54, 1.807) is 24.3 Å². The van der Waals surface area contributed by atoms with Crippen molar-refractivity contribution < 1.29 is 17.9 Å². The molecule has 18 heavy (non-hydrogen) atoms. The molecule has 5 heteroatoms. The largest absolute Gasteiger partial charge is 0.457 e. The van der Waals surface area contributed by atoms with Gasteiger partial charge in [0.2, 0.25) is 0 Å². The molecule has 0 saturated carbocycles. The molecule has 0 N–H and O–H groups in total. The van der Waals surface area contributed by atoms with Crippen LogP contribution in [0.25, 0.3) is 0 Å². The van der Waals surface area contributed by atoms with Gasteiger partial charge in [0, 0.05) is 4.47 Å². The van der Waals surface area contributed by atoms with Gasteiger partial charge in [0.15, 0.2) is 0 Å². The molecular formula is C13H8BrF3O. The highest BCUT2D eigenvalue weighted by Gasteiger charge is 2.30. The second kappa shape index (κ2) is 5.02. The maximum atomic E-state index is 12.5. The van der Waals surface area contributed by atoms with Gasteiger partial charge in [-0.25, -0.2) is 0 Å². The van der Waals surface area contributed by atoms with Crippen LogP contribution in [0.5, 0.6) is 11.5 Å². The second-order valence-corrected chi connectivity index (χ2v) is 4.50. The lowest BCUT2D eigenvalue weighted by Crippen LogP contribution is -2.04. The van der Waals surface area contributed by atoms with E-state index in [1.807, 2.05) is 0 Å².